The first-order chi connectivity index (χ1) is 18.1. The Kier molecular flexibility index (Phi) is 6.16. The number of benzene rings is 3. The molecule has 0 spiro atoms. The fraction of sp³-hybridized carbons (Fsp3) is 0.103. The summed E-state index contributed by atoms with van der Waals surface area (Å²) < 4.78 is 20.9. The highest BCUT2D eigenvalue weighted by Crippen LogP contribution is 2.26. The zero-order chi connectivity index (χ0) is 25.2. The van der Waals surface area contributed by atoms with Crippen LogP contribution in [0.3, 0.4) is 0 Å². The molecule has 0 radical (unpaired) electrons. The Morgan fingerprint density at radius 1 is 1.03 bits per heavy atom. The van der Waals surface area contributed by atoms with E-state index >= 15 is 0 Å². The predicted octanol–water partition coefficient (Wildman–Crippen LogP) is 7.22. The van der Waals surface area contributed by atoms with E-state index in [-0.39, 0.29) is 11.8 Å². The second kappa shape index (κ2) is 9.91. The lowest BCUT2D eigenvalue weighted by atomic mass is 10.1. The number of fused-ring (bicyclic) bond motifs is 2. The van der Waals surface area contributed by atoms with Crippen LogP contribution >= 0.6 is 11.3 Å². The zero-order valence-electron chi connectivity index (χ0n) is 19.8. The van der Waals surface area contributed by atoms with E-state index in [1.165, 1.54) is 12.1 Å². The second-order valence-corrected chi connectivity index (χ2v) is 9.56. The van der Waals surface area contributed by atoms with Gasteiger partial charge in [0.15, 0.2) is 4.96 Å². The van der Waals surface area contributed by atoms with E-state index in [4.69, 9.17) is 9.40 Å². The number of rotatable bonds is 7. The van der Waals surface area contributed by atoms with Crippen LogP contribution in [0.25, 0.3) is 27.0 Å². The van der Waals surface area contributed by atoms with Crippen LogP contribution in [0.4, 0.5) is 14.9 Å². The van der Waals surface area contributed by atoms with E-state index in [0.717, 1.165) is 38.4 Å². The quantitative estimate of drug-likeness (QED) is 0.247. The van der Waals surface area contributed by atoms with Crippen molar-refractivity contribution in [2.45, 2.75) is 13.0 Å². The molecular weight excluding hydrogens is 487 g/mol. The number of imidazole rings is 1. The van der Waals surface area contributed by atoms with E-state index in [2.05, 4.69) is 10.7 Å². The Bertz CT molecular complexity index is 1670. The summed E-state index contributed by atoms with van der Waals surface area (Å²) in [6.45, 7) is 0.828. The number of halogens is 1. The highest BCUT2D eigenvalue weighted by atomic mass is 32.1. The fourth-order valence-corrected chi connectivity index (χ4v) is 5.30. The summed E-state index contributed by atoms with van der Waals surface area (Å²) in [6, 6.07) is 23.7. The molecule has 6 rings (SSSR count). The van der Waals surface area contributed by atoms with Crippen molar-refractivity contribution in [1.29, 1.82) is 0 Å². The third-order valence-corrected chi connectivity index (χ3v) is 7.20. The van der Waals surface area contributed by atoms with Crippen LogP contribution in [0.15, 0.2) is 101 Å². The zero-order valence-corrected chi connectivity index (χ0v) is 20.6. The third kappa shape index (κ3) is 4.83. The van der Waals surface area contributed by atoms with E-state index in [1.807, 2.05) is 65.2 Å². The molecule has 0 aliphatic carbocycles. The molecule has 0 aliphatic heterocycles. The standard InChI is InChI=1S/C29H23FN4O2S/c30-22-12-10-21(11-13-22)27-18-34-23(19-37-29(34)32-27)14-15-33(17-24-7-4-16-36-24)28(35)31-26-9-3-6-20-5-1-2-8-25(20)26/h1-13,16,18-19H,14-15,17H2,(H,31,35). The monoisotopic (exact) mass is 510 g/mol. The summed E-state index contributed by atoms with van der Waals surface area (Å²) in [7, 11) is 0. The molecule has 184 valence electrons. The lowest BCUT2D eigenvalue weighted by Gasteiger charge is -2.22. The molecule has 0 saturated heterocycles. The summed E-state index contributed by atoms with van der Waals surface area (Å²) >= 11 is 1.54. The molecule has 0 fully saturated rings. The van der Waals surface area contributed by atoms with Gasteiger partial charge in [-0.1, -0.05) is 36.4 Å². The van der Waals surface area contributed by atoms with Crippen molar-refractivity contribution in [3.8, 4) is 11.3 Å². The van der Waals surface area contributed by atoms with Crippen LogP contribution in [-0.4, -0.2) is 26.9 Å². The maximum atomic E-state index is 13.4. The number of thiazole rings is 1. The number of furan rings is 1. The molecule has 0 unspecified atom stereocenters. The average molecular weight is 511 g/mol. The van der Waals surface area contributed by atoms with Gasteiger partial charge in [-0.15, -0.1) is 11.3 Å². The number of anilines is 1. The molecule has 3 aromatic carbocycles. The minimum Gasteiger partial charge on any atom is -0.467 e. The maximum Gasteiger partial charge on any atom is 0.322 e. The normalized spacial score (nSPS) is 11.3. The van der Waals surface area contributed by atoms with Crippen molar-refractivity contribution < 1.29 is 13.6 Å². The molecule has 3 heterocycles. The lowest BCUT2D eigenvalue weighted by molar-refractivity contribution is 0.204. The molecule has 0 bridgehead atoms. The summed E-state index contributed by atoms with van der Waals surface area (Å²) in [4.78, 5) is 20.7. The number of aromatic nitrogens is 2. The molecule has 1 N–H and O–H groups in total. The van der Waals surface area contributed by atoms with Gasteiger partial charge in [0, 0.05) is 41.2 Å². The van der Waals surface area contributed by atoms with Crippen molar-refractivity contribution >= 4 is 38.8 Å². The van der Waals surface area contributed by atoms with Gasteiger partial charge >= 0.3 is 6.03 Å². The Morgan fingerprint density at radius 2 is 1.86 bits per heavy atom. The molecular formula is C29H23FN4O2S. The van der Waals surface area contributed by atoms with Crippen LogP contribution in [0.5, 0.6) is 0 Å². The number of amides is 2. The minimum atomic E-state index is -0.274. The van der Waals surface area contributed by atoms with Crippen molar-refractivity contribution in [2.75, 3.05) is 11.9 Å². The molecule has 0 atom stereocenters. The van der Waals surface area contributed by atoms with Crippen molar-refractivity contribution in [3.05, 3.63) is 114 Å². The molecule has 8 heteroatoms. The number of urea groups is 1. The van der Waals surface area contributed by atoms with Crippen LogP contribution < -0.4 is 5.32 Å². The van der Waals surface area contributed by atoms with Crippen molar-refractivity contribution in [3.63, 3.8) is 0 Å². The number of hydrogen-bond acceptors (Lipinski definition) is 4. The summed E-state index contributed by atoms with van der Waals surface area (Å²) in [5, 5.41) is 7.21. The Hall–Kier alpha value is -4.43. The molecule has 6 nitrogen and oxygen atoms in total. The number of nitrogens with zero attached hydrogens (tertiary/aromatic N) is 3. The van der Waals surface area contributed by atoms with Gasteiger partial charge in [-0.2, -0.15) is 0 Å². The van der Waals surface area contributed by atoms with E-state index in [0.29, 0.717) is 25.3 Å². The molecule has 3 aromatic heterocycles. The number of carbonyl (C=O) groups is 1. The topological polar surface area (TPSA) is 62.8 Å². The van der Waals surface area contributed by atoms with E-state index in [9.17, 15) is 9.18 Å². The number of carbonyl (C=O) groups excluding carboxylic acids is 1. The summed E-state index contributed by atoms with van der Waals surface area (Å²) in [5.41, 5.74) is 3.46. The highest BCUT2D eigenvalue weighted by Gasteiger charge is 2.18. The van der Waals surface area contributed by atoms with Gasteiger partial charge in [0.2, 0.25) is 0 Å². The van der Waals surface area contributed by atoms with Gasteiger partial charge in [-0.25, -0.2) is 14.2 Å². The maximum absolute atomic E-state index is 13.4. The highest BCUT2D eigenvalue weighted by molar-refractivity contribution is 7.15. The van der Waals surface area contributed by atoms with Gasteiger partial charge in [0.05, 0.1) is 24.2 Å². The van der Waals surface area contributed by atoms with E-state index < -0.39 is 0 Å². The smallest absolute Gasteiger partial charge is 0.322 e. The fourth-order valence-electron chi connectivity index (χ4n) is 4.39. The first-order valence-corrected chi connectivity index (χ1v) is 12.8. The van der Waals surface area contributed by atoms with Crippen LogP contribution in [0.2, 0.25) is 0 Å². The molecule has 37 heavy (non-hydrogen) atoms. The minimum absolute atomic E-state index is 0.197. The van der Waals surface area contributed by atoms with Gasteiger partial charge in [0.25, 0.3) is 0 Å². The third-order valence-electron chi connectivity index (χ3n) is 6.31. The first kappa shape index (κ1) is 23.0. The summed E-state index contributed by atoms with van der Waals surface area (Å²) in [5.74, 6) is 0.439. The van der Waals surface area contributed by atoms with E-state index in [1.54, 1.807) is 34.6 Å². The predicted molar refractivity (Wildman–Crippen MR) is 144 cm³/mol. The van der Waals surface area contributed by atoms with Crippen LogP contribution in [-0.2, 0) is 13.0 Å². The summed E-state index contributed by atoms with van der Waals surface area (Å²) in [6.07, 6.45) is 4.20. The second-order valence-electron chi connectivity index (χ2n) is 8.72. The van der Waals surface area contributed by atoms with Crippen LogP contribution in [0, 0.1) is 5.82 Å². The van der Waals surface area contributed by atoms with Gasteiger partial charge in [-0.3, -0.25) is 4.40 Å². The number of nitrogens with one attached hydrogen (secondary N) is 1. The molecule has 6 aromatic rings. The SMILES string of the molecule is O=C(Nc1cccc2ccccc12)N(CCc1csc2nc(-c3ccc(F)cc3)cn12)Cc1ccco1. The average Bonchev–Trinajstić information content (AvgIpc) is 3.66. The van der Waals surface area contributed by atoms with Gasteiger partial charge in [0.1, 0.15) is 11.6 Å². The van der Waals surface area contributed by atoms with Crippen LogP contribution in [0.1, 0.15) is 11.5 Å². The number of hydrogen-bond donors (Lipinski definition) is 1. The molecule has 0 aliphatic rings. The largest absolute Gasteiger partial charge is 0.467 e. The molecule has 2 amide bonds. The Balaban J connectivity index is 1.23. The van der Waals surface area contributed by atoms with Crippen molar-refractivity contribution in [1.82, 2.24) is 14.3 Å². The van der Waals surface area contributed by atoms with Gasteiger partial charge in [-0.05, 0) is 47.9 Å². The first-order valence-electron chi connectivity index (χ1n) is 11.9. The van der Waals surface area contributed by atoms with Gasteiger partial charge < -0.3 is 14.6 Å². The van der Waals surface area contributed by atoms with Crippen molar-refractivity contribution in [2.24, 2.45) is 0 Å². The Morgan fingerprint density at radius 3 is 2.70 bits per heavy atom. The Labute approximate surface area is 216 Å². The molecule has 0 saturated carbocycles. The lowest BCUT2D eigenvalue weighted by Crippen LogP contribution is -2.36.